The molecule has 0 fully saturated rings. The smallest absolute Gasteiger partial charge is 0.286 e. The molecule has 0 amide bonds. The van der Waals surface area contributed by atoms with Crippen molar-refractivity contribution in [2.75, 3.05) is 0 Å². The van der Waals surface area contributed by atoms with Crippen molar-refractivity contribution in [3.05, 3.63) is 34.9 Å². The third-order valence-corrected chi connectivity index (χ3v) is 7.82. The van der Waals surface area contributed by atoms with Crippen molar-refractivity contribution in [3.8, 4) is 0 Å². The minimum absolute atomic E-state index is 0.0376. The first kappa shape index (κ1) is 32.3. The fourth-order valence-electron chi connectivity index (χ4n) is 5.28. The quantitative estimate of drug-likeness (QED) is 0.0977. The molecule has 35 heavy (non-hydrogen) atoms. The number of aryl methyl sites for hydroxylation is 1. The molecular formula is C32H57O2P. The highest BCUT2D eigenvalue weighted by Crippen LogP contribution is 2.33. The van der Waals surface area contributed by atoms with Crippen LogP contribution >= 0.6 is 8.69 Å². The summed E-state index contributed by atoms with van der Waals surface area (Å²) in [5, 5.41) is 0. The Bertz CT molecular complexity index is 616. The van der Waals surface area contributed by atoms with Crippen LogP contribution in [0.15, 0.2) is 18.2 Å². The van der Waals surface area contributed by atoms with Crippen molar-refractivity contribution in [1.29, 1.82) is 0 Å². The van der Waals surface area contributed by atoms with Crippen LogP contribution in [-0.2, 0) is 21.9 Å². The van der Waals surface area contributed by atoms with Gasteiger partial charge in [-0.05, 0) is 48.8 Å². The topological polar surface area (TPSA) is 26.3 Å². The average Bonchev–Trinajstić information content (AvgIpc) is 2.87. The van der Waals surface area contributed by atoms with E-state index in [1.54, 1.807) is 0 Å². The first-order chi connectivity index (χ1) is 17.3. The van der Waals surface area contributed by atoms with Crippen molar-refractivity contribution in [1.82, 2.24) is 0 Å². The third-order valence-electron chi connectivity index (χ3n) is 7.48. The van der Waals surface area contributed by atoms with Gasteiger partial charge in [-0.3, -0.25) is 4.52 Å². The molecule has 1 rings (SSSR count). The lowest BCUT2D eigenvalue weighted by molar-refractivity contribution is 0.210. The summed E-state index contributed by atoms with van der Waals surface area (Å²) >= 11 is 0. The maximum Gasteiger partial charge on any atom is 0.327 e. The SMILES string of the molecule is CCCCCCCCCc1cccc(C(CCCCCCC)OP=O)c1CCCCCCCCC. The van der Waals surface area contributed by atoms with Crippen molar-refractivity contribution in [2.24, 2.45) is 0 Å². The molecule has 0 aromatic heterocycles. The number of hydrogen-bond donors (Lipinski definition) is 0. The van der Waals surface area contributed by atoms with Gasteiger partial charge in [0.15, 0.2) is 0 Å². The van der Waals surface area contributed by atoms with E-state index in [1.165, 1.54) is 139 Å². The van der Waals surface area contributed by atoms with Gasteiger partial charge in [-0.1, -0.05) is 148 Å². The fraction of sp³-hybridized carbons (Fsp3) is 0.812. The van der Waals surface area contributed by atoms with E-state index in [9.17, 15) is 4.57 Å². The van der Waals surface area contributed by atoms with Crippen LogP contribution in [0.2, 0.25) is 0 Å². The molecule has 1 unspecified atom stereocenters. The van der Waals surface area contributed by atoms with Crippen molar-refractivity contribution in [3.63, 3.8) is 0 Å². The summed E-state index contributed by atoms with van der Waals surface area (Å²) in [6.45, 7) is 6.83. The Morgan fingerprint density at radius 1 is 0.629 bits per heavy atom. The average molecular weight is 505 g/mol. The van der Waals surface area contributed by atoms with E-state index in [-0.39, 0.29) is 14.8 Å². The van der Waals surface area contributed by atoms with Crippen molar-refractivity contribution < 1.29 is 9.09 Å². The zero-order chi connectivity index (χ0) is 25.4. The van der Waals surface area contributed by atoms with E-state index in [0.29, 0.717) is 0 Å². The molecule has 2 nitrogen and oxygen atoms in total. The number of hydrogen-bond acceptors (Lipinski definition) is 2. The van der Waals surface area contributed by atoms with Crippen LogP contribution in [0.4, 0.5) is 0 Å². The zero-order valence-corrected chi connectivity index (χ0v) is 24.5. The maximum absolute atomic E-state index is 11.5. The second-order valence-electron chi connectivity index (χ2n) is 10.6. The van der Waals surface area contributed by atoms with E-state index in [2.05, 4.69) is 39.0 Å². The standard InChI is InChI=1S/C32H57O2P/c1-4-7-10-13-15-18-20-24-29-25-23-27-31(30(29)26-21-19-16-14-11-8-5-2)32(34-35-33)28-22-17-12-9-6-3/h23,25,27,32H,4-22,24,26,28H2,1-3H3. The summed E-state index contributed by atoms with van der Waals surface area (Å²) in [7, 11) is -0.185. The van der Waals surface area contributed by atoms with Crippen LogP contribution in [-0.4, -0.2) is 0 Å². The first-order valence-corrected chi connectivity index (χ1v) is 16.1. The first-order valence-electron chi connectivity index (χ1n) is 15.4. The molecule has 0 aliphatic rings. The molecule has 0 heterocycles. The normalized spacial score (nSPS) is 12.4. The predicted molar refractivity (Wildman–Crippen MR) is 155 cm³/mol. The number of unbranched alkanes of at least 4 members (excludes halogenated alkanes) is 16. The van der Waals surface area contributed by atoms with E-state index in [1.807, 2.05) is 0 Å². The van der Waals surface area contributed by atoms with E-state index in [0.717, 1.165) is 19.3 Å². The summed E-state index contributed by atoms with van der Waals surface area (Å²) in [6.07, 6.45) is 28.3. The molecule has 0 N–H and O–H groups in total. The van der Waals surface area contributed by atoms with Crippen molar-refractivity contribution in [2.45, 2.75) is 168 Å². The van der Waals surface area contributed by atoms with E-state index in [4.69, 9.17) is 4.52 Å². The molecule has 0 saturated carbocycles. The Morgan fingerprint density at radius 2 is 1.11 bits per heavy atom. The van der Waals surface area contributed by atoms with Crippen molar-refractivity contribution >= 4 is 8.69 Å². The highest BCUT2D eigenvalue weighted by Gasteiger charge is 2.18. The lowest BCUT2D eigenvalue weighted by atomic mass is 9.89. The number of benzene rings is 1. The Labute approximate surface area is 220 Å². The van der Waals surface area contributed by atoms with Gasteiger partial charge in [0.25, 0.3) is 0 Å². The second kappa shape index (κ2) is 23.7. The van der Waals surface area contributed by atoms with Gasteiger partial charge >= 0.3 is 8.69 Å². The second-order valence-corrected chi connectivity index (χ2v) is 11.0. The lowest BCUT2D eigenvalue weighted by Gasteiger charge is -2.21. The maximum atomic E-state index is 11.5. The molecule has 0 saturated heterocycles. The van der Waals surface area contributed by atoms with Gasteiger partial charge in [0.2, 0.25) is 0 Å². The highest BCUT2D eigenvalue weighted by atomic mass is 31.1. The van der Waals surface area contributed by atoms with Crippen LogP contribution in [0.1, 0.15) is 172 Å². The summed E-state index contributed by atoms with van der Waals surface area (Å²) < 4.78 is 17.3. The molecular weight excluding hydrogens is 447 g/mol. The van der Waals surface area contributed by atoms with Gasteiger partial charge in [0.1, 0.15) is 0 Å². The molecule has 0 aliphatic heterocycles. The molecule has 1 aromatic carbocycles. The van der Waals surface area contributed by atoms with Crippen LogP contribution in [0.3, 0.4) is 0 Å². The molecule has 0 aliphatic carbocycles. The molecule has 1 atom stereocenters. The molecule has 0 spiro atoms. The Balaban J connectivity index is 2.79. The monoisotopic (exact) mass is 504 g/mol. The van der Waals surface area contributed by atoms with Gasteiger partial charge in [0.05, 0.1) is 6.10 Å². The Hall–Kier alpha value is -0.720. The Kier molecular flexibility index (Phi) is 21.8. The Morgan fingerprint density at radius 3 is 1.66 bits per heavy atom. The minimum Gasteiger partial charge on any atom is -0.286 e. The predicted octanol–water partition coefficient (Wildman–Crippen LogP) is 11.9. The largest absolute Gasteiger partial charge is 0.327 e. The van der Waals surface area contributed by atoms with Gasteiger partial charge in [-0.2, -0.15) is 0 Å². The summed E-state index contributed by atoms with van der Waals surface area (Å²) in [5.74, 6) is 0. The van der Waals surface area contributed by atoms with Gasteiger partial charge in [-0.15, -0.1) is 0 Å². The van der Waals surface area contributed by atoms with Crippen LogP contribution in [0.5, 0.6) is 0 Å². The minimum atomic E-state index is -0.185. The van der Waals surface area contributed by atoms with Gasteiger partial charge in [-0.25, -0.2) is 4.57 Å². The lowest BCUT2D eigenvalue weighted by Crippen LogP contribution is -2.07. The molecule has 0 radical (unpaired) electrons. The summed E-state index contributed by atoms with van der Waals surface area (Å²) in [5.41, 5.74) is 4.34. The fourth-order valence-corrected chi connectivity index (χ4v) is 5.60. The van der Waals surface area contributed by atoms with Crippen LogP contribution in [0, 0.1) is 0 Å². The highest BCUT2D eigenvalue weighted by molar-refractivity contribution is 7.17. The summed E-state index contributed by atoms with van der Waals surface area (Å²) in [6, 6.07) is 6.83. The van der Waals surface area contributed by atoms with E-state index < -0.39 is 0 Å². The van der Waals surface area contributed by atoms with Gasteiger partial charge < -0.3 is 0 Å². The molecule has 1 aromatic rings. The van der Waals surface area contributed by atoms with Gasteiger partial charge in [0, 0.05) is 0 Å². The third kappa shape index (κ3) is 15.9. The van der Waals surface area contributed by atoms with E-state index >= 15 is 0 Å². The molecule has 3 heteroatoms. The van der Waals surface area contributed by atoms with Crippen LogP contribution < -0.4 is 0 Å². The number of rotatable bonds is 25. The summed E-state index contributed by atoms with van der Waals surface area (Å²) in [4.78, 5) is 0. The molecule has 0 bridgehead atoms. The zero-order valence-electron chi connectivity index (χ0n) is 23.6. The van der Waals surface area contributed by atoms with Crippen LogP contribution in [0.25, 0.3) is 0 Å². The molecule has 202 valence electrons.